The van der Waals surface area contributed by atoms with Gasteiger partial charge in [0, 0.05) is 0 Å². The third kappa shape index (κ3) is 3.33. The van der Waals surface area contributed by atoms with Crippen molar-refractivity contribution in [3.8, 4) is 0 Å². The molecule has 0 fully saturated rings. The molecule has 0 spiro atoms. The van der Waals surface area contributed by atoms with E-state index in [-0.39, 0.29) is 0 Å². The average Bonchev–Trinajstić information content (AvgIpc) is 2.39. The molecule has 1 aromatic rings. The first-order chi connectivity index (χ1) is 8.63. The van der Waals surface area contributed by atoms with Crippen LogP contribution < -0.4 is 0 Å². The largest absolute Gasteiger partial charge is 0.0985 e. The van der Waals surface area contributed by atoms with Crippen LogP contribution in [0, 0.1) is 6.92 Å². The Hall–Kier alpha value is -1.82. The quantitative estimate of drug-likeness (QED) is 0.614. The van der Waals surface area contributed by atoms with Crippen LogP contribution in [0.3, 0.4) is 0 Å². The highest BCUT2D eigenvalue weighted by atomic mass is 14.1. The van der Waals surface area contributed by atoms with Crippen LogP contribution in [-0.2, 0) is 6.42 Å². The standard InChI is InChI=1S/C18H22/c1-6-9-10-17(15(5)7-2)18-13-14(4)11-12-16(18)8-3/h6-7,9-13H,2,5,8H2,1,3-4H3/b9-6-,17-10+. The minimum absolute atomic E-state index is 0.966. The fourth-order valence-electron chi connectivity index (χ4n) is 1.92. The van der Waals surface area contributed by atoms with Gasteiger partial charge in [-0.05, 0) is 42.5 Å². The van der Waals surface area contributed by atoms with Gasteiger partial charge in [-0.15, -0.1) is 0 Å². The maximum absolute atomic E-state index is 4.09. The van der Waals surface area contributed by atoms with Gasteiger partial charge in [0.1, 0.15) is 0 Å². The molecule has 0 saturated heterocycles. The average molecular weight is 238 g/mol. The highest BCUT2D eigenvalue weighted by Gasteiger charge is 2.08. The number of hydrogen-bond acceptors (Lipinski definition) is 0. The van der Waals surface area contributed by atoms with Crippen molar-refractivity contribution >= 4 is 5.57 Å². The molecule has 94 valence electrons. The molecule has 1 aromatic carbocycles. The summed E-state index contributed by atoms with van der Waals surface area (Å²) in [5.74, 6) is 0. The predicted octanol–water partition coefficient (Wildman–Crippen LogP) is 5.26. The van der Waals surface area contributed by atoms with Crippen LogP contribution in [0.5, 0.6) is 0 Å². The zero-order valence-electron chi connectivity index (χ0n) is 11.7. The lowest BCUT2D eigenvalue weighted by molar-refractivity contribution is 1.12. The van der Waals surface area contributed by atoms with Crippen LogP contribution >= 0.6 is 0 Å². The lowest BCUT2D eigenvalue weighted by Crippen LogP contribution is -1.94. The second-order valence-electron chi connectivity index (χ2n) is 4.35. The summed E-state index contributed by atoms with van der Waals surface area (Å²) >= 11 is 0. The monoisotopic (exact) mass is 238 g/mol. The van der Waals surface area contributed by atoms with E-state index < -0.39 is 0 Å². The van der Waals surface area contributed by atoms with Gasteiger partial charge in [-0.1, -0.05) is 68.1 Å². The van der Waals surface area contributed by atoms with Crippen molar-refractivity contribution in [3.63, 3.8) is 0 Å². The van der Waals surface area contributed by atoms with E-state index in [0.717, 1.165) is 17.6 Å². The molecule has 0 saturated carbocycles. The van der Waals surface area contributed by atoms with Crippen molar-refractivity contribution in [1.29, 1.82) is 0 Å². The van der Waals surface area contributed by atoms with E-state index in [9.17, 15) is 0 Å². The minimum Gasteiger partial charge on any atom is -0.0985 e. The number of hydrogen-bond donors (Lipinski definition) is 0. The topological polar surface area (TPSA) is 0 Å². The first kappa shape index (κ1) is 14.2. The Morgan fingerprint density at radius 2 is 2.06 bits per heavy atom. The molecule has 18 heavy (non-hydrogen) atoms. The summed E-state index contributed by atoms with van der Waals surface area (Å²) in [7, 11) is 0. The summed E-state index contributed by atoms with van der Waals surface area (Å²) in [4.78, 5) is 0. The van der Waals surface area contributed by atoms with E-state index in [1.165, 1.54) is 16.7 Å². The first-order valence-electron chi connectivity index (χ1n) is 6.38. The van der Waals surface area contributed by atoms with E-state index in [1.807, 2.05) is 25.2 Å². The van der Waals surface area contributed by atoms with Crippen LogP contribution in [0.25, 0.3) is 5.57 Å². The molecule has 0 radical (unpaired) electrons. The number of benzene rings is 1. The van der Waals surface area contributed by atoms with Crippen molar-refractivity contribution in [2.45, 2.75) is 27.2 Å². The summed E-state index contributed by atoms with van der Waals surface area (Å²) in [6, 6.07) is 6.58. The van der Waals surface area contributed by atoms with E-state index in [1.54, 1.807) is 0 Å². The molecule has 0 aliphatic carbocycles. The van der Waals surface area contributed by atoms with Gasteiger partial charge in [-0.3, -0.25) is 0 Å². The molecule has 0 N–H and O–H groups in total. The molecule has 0 unspecified atom stereocenters. The first-order valence-corrected chi connectivity index (χ1v) is 6.38. The summed E-state index contributed by atoms with van der Waals surface area (Å²) in [6.07, 6.45) is 9.02. The second-order valence-corrected chi connectivity index (χ2v) is 4.35. The maximum Gasteiger partial charge on any atom is -0.0115 e. The van der Waals surface area contributed by atoms with E-state index in [2.05, 4.69) is 51.3 Å². The van der Waals surface area contributed by atoms with Crippen LogP contribution in [0.2, 0.25) is 0 Å². The molecule has 0 atom stereocenters. The zero-order valence-corrected chi connectivity index (χ0v) is 11.7. The molecule has 0 amide bonds. The lowest BCUT2D eigenvalue weighted by Gasteiger charge is -2.13. The van der Waals surface area contributed by atoms with Gasteiger partial charge in [0.05, 0.1) is 0 Å². The summed E-state index contributed by atoms with van der Waals surface area (Å²) in [5.41, 5.74) is 6.00. The van der Waals surface area contributed by atoms with Gasteiger partial charge in [0.2, 0.25) is 0 Å². The van der Waals surface area contributed by atoms with Crippen molar-refractivity contribution in [2.75, 3.05) is 0 Å². The van der Waals surface area contributed by atoms with E-state index in [0.29, 0.717) is 0 Å². The SMILES string of the molecule is C=CC(=C)/C(=C\C=C/C)c1cc(C)ccc1CC. The van der Waals surface area contributed by atoms with Crippen LogP contribution in [0.1, 0.15) is 30.5 Å². The number of rotatable bonds is 5. The molecule has 1 rings (SSSR count). The van der Waals surface area contributed by atoms with Crippen LogP contribution in [-0.4, -0.2) is 0 Å². The second kappa shape index (κ2) is 6.80. The fraction of sp³-hybridized carbons (Fsp3) is 0.222. The highest BCUT2D eigenvalue weighted by Crippen LogP contribution is 2.27. The van der Waals surface area contributed by atoms with Gasteiger partial charge in [-0.2, -0.15) is 0 Å². The molecule has 0 aliphatic heterocycles. The van der Waals surface area contributed by atoms with Crippen LogP contribution in [0.15, 0.2) is 61.2 Å². The van der Waals surface area contributed by atoms with Crippen molar-refractivity contribution in [3.05, 3.63) is 77.9 Å². The number of aryl methyl sites for hydroxylation is 2. The molecule has 0 heteroatoms. The van der Waals surface area contributed by atoms with Crippen molar-refractivity contribution in [2.24, 2.45) is 0 Å². The Balaban J connectivity index is 3.41. The molecule has 0 bridgehead atoms. The maximum atomic E-state index is 4.09. The van der Waals surface area contributed by atoms with Gasteiger partial charge >= 0.3 is 0 Å². The van der Waals surface area contributed by atoms with E-state index >= 15 is 0 Å². The predicted molar refractivity (Wildman–Crippen MR) is 82.7 cm³/mol. The highest BCUT2D eigenvalue weighted by molar-refractivity contribution is 5.83. The van der Waals surface area contributed by atoms with Crippen molar-refractivity contribution < 1.29 is 0 Å². The molecule has 0 nitrogen and oxygen atoms in total. The van der Waals surface area contributed by atoms with Gasteiger partial charge in [0.25, 0.3) is 0 Å². The summed E-state index contributed by atoms with van der Waals surface area (Å²) < 4.78 is 0. The Kier molecular flexibility index (Phi) is 5.38. The van der Waals surface area contributed by atoms with Crippen LogP contribution in [0.4, 0.5) is 0 Å². The summed E-state index contributed by atoms with van der Waals surface area (Å²) in [6.45, 7) is 14.2. The molecular weight excluding hydrogens is 216 g/mol. The number of allylic oxidation sites excluding steroid dienone is 6. The van der Waals surface area contributed by atoms with Gasteiger partial charge in [-0.25, -0.2) is 0 Å². The Labute approximate surface area is 111 Å². The summed E-state index contributed by atoms with van der Waals surface area (Å²) in [5, 5.41) is 0. The zero-order chi connectivity index (χ0) is 13.5. The fourth-order valence-corrected chi connectivity index (χ4v) is 1.92. The minimum atomic E-state index is 0.966. The normalized spacial score (nSPS) is 11.8. The van der Waals surface area contributed by atoms with Gasteiger partial charge < -0.3 is 0 Å². The molecular formula is C18H22. The lowest BCUT2D eigenvalue weighted by atomic mass is 9.91. The van der Waals surface area contributed by atoms with E-state index in [4.69, 9.17) is 0 Å². The Morgan fingerprint density at radius 1 is 1.33 bits per heavy atom. The molecule has 0 aromatic heterocycles. The third-order valence-electron chi connectivity index (χ3n) is 2.98. The van der Waals surface area contributed by atoms with Crippen molar-refractivity contribution in [1.82, 2.24) is 0 Å². The Bertz CT molecular complexity index is 499. The van der Waals surface area contributed by atoms with Gasteiger partial charge in [0.15, 0.2) is 0 Å². The Morgan fingerprint density at radius 3 is 2.61 bits per heavy atom. The third-order valence-corrected chi connectivity index (χ3v) is 2.98. The molecule has 0 aliphatic rings. The molecule has 0 heterocycles. The smallest absolute Gasteiger partial charge is 0.0115 e.